The van der Waals surface area contributed by atoms with E-state index in [2.05, 4.69) is 0 Å². The Morgan fingerprint density at radius 1 is 0.964 bits per heavy atom. The molecule has 0 radical (unpaired) electrons. The molecule has 28 heavy (non-hydrogen) atoms. The summed E-state index contributed by atoms with van der Waals surface area (Å²) in [6.07, 6.45) is 0.212. The van der Waals surface area contributed by atoms with E-state index in [1.165, 1.54) is 11.8 Å². The predicted octanol–water partition coefficient (Wildman–Crippen LogP) is 5.17. The topological polar surface area (TPSA) is 74.6 Å². The summed E-state index contributed by atoms with van der Waals surface area (Å²) in [4.78, 5) is 12.6. The summed E-state index contributed by atoms with van der Waals surface area (Å²) in [6.45, 7) is 0. The summed E-state index contributed by atoms with van der Waals surface area (Å²) in [7, 11) is -1.87. The zero-order valence-electron chi connectivity index (χ0n) is 15.3. The minimum atomic E-state index is -1.98. The third-order valence-corrected chi connectivity index (χ3v) is 7.73. The Morgan fingerprint density at radius 3 is 2.36 bits per heavy atom. The predicted molar refractivity (Wildman–Crippen MR) is 114 cm³/mol. The first-order chi connectivity index (χ1) is 13.5. The number of carboxylic acid groups (broad SMARTS) is 1. The summed E-state index contributed by atoms with van der Waals surface area (Å²) in [5.41, 5.74) is -0.759. The van der Waals surface area contributed by atoms with Crippen molar-refractivity contribution in [2.24, 2.45) is 0 Å². The van der Waals surface area contributed by atoms with E-state index < -0.39 is 19.4 Å². The molecule has 2 unspecified atom stereocenters. The minimum Gasteiger partial charge on any atom is -0.479 e. The van der Waals surface area contributed by atoms with E-state index in [9.17, 15) is 19.6 Å². The second-order valence-corrected chi connectivity index (χ2v) is 9.82. The van der Waals surface area contributed by atoms with Gasteiger partial charge in [0, 0.05) is 4.90 Å². The largest absolute Gasteiger partial charge is 0.479 e. The van der Waals surface area contributed by atoms with Crippen LogP contribution in [0, 0.1) is 0 Å². The van der Waals surface area contributed by atoms with Gasteiger partial charge in [-0.25, -0.2) is 4.79 Å². The van der Waals surface area contributed by atoms with Gasteiger partial charge in [-0.05, 0) is 41.3 Å². The van der Waals surface area contributed by atoms with Gasteiger partial charge in [-0.2, -0.15) is 0 Å². The minimum absolute atomic E-state index is 0.0358. The van der Waals surface area contributed by atoms with Crippen LogP contribution in [0.5, 0.6) is 0 Å². The molecule has 6 heteroatoms. The Hall–Kier alpha value is -2.20. The molecule has 0 aliphatic heterocycles. The van der Waals surface area contributed by atoms with Crippen molar-refractivity contribution in [3.63, 3.8) is 0 Å². The molecule has 0 saturated carbocycles. The maximum atomic E-state index is 12.5. The molecular formula is C22H22O4PS+. The van der Waals surface area contributed by atoms with Crippen LogP contribution in [0.3, 0.4) is 0 Å². The molecule has 0 spiro atoms. The summed E-state index contributed by atoms with van der Waals surface area (Å²) < 4.78 is 12.5. The standard InChI is InChI=1S/C22H21O4PS/c23-21(24)22(25,13-12-17-6-2-1-3-7-17)15-27(26)16-28-20-11-10-18-8-4-5-9-19(18)14-20/h1-11,14,25H,12-13,15-16H2/p+1. The second-order valence-electron chi connectivity index (χ2n) is 6.74. The third kappa shape index (κ3) is 5.41. The van der Waals surface area contributed by atoms with Crippen LogP contribution in [-0.4, -0.2) is 33.4 Å². The first-order valence-electron chi connectivity index (χ1n) is 9.00. The summed E-state index contributed by atoms with van der Waals surface area (Å²) in [6, 6.07) is 23.4. The van der Waals surface area contributed by atoms with Crippen molar-refractivity contribution < 1.29 is 19.6 Å². The lowest BCUT2D eigenvalue weighted by atomic mass is 9.97. The van der Waals surface area contributed by atoms with Crippen LogP contribution in [0.4, 0.5) is 0 Å². The van der Waals surface area contributed by atoms with E-state index >= 15 is 0 Å². The monoisotopic (exact) mass is 413 g/mol. The molecular weight excluding hydrogens is 391 g/mol. The average Bonchev–Trinajstić information content (AvgIpc) is 2.71. The van der Waals surface area contributed by atoms with Crippen molar-refractivity contribution >= 4 is 36.3 Å². The van der Waals surface area contributed by atoms with E-state index in [-0.39, 0.29) is 18.1 Å². The Balaban J connectivity index is 1.59. The van der Waals surface area contributed by atoms with E-state index in [4.69, 9.17) is 0 Å². The number of benzene rings is 3. The SMILES string of the molecule is O=C(O)C(O)(CCc1ccccc1)C[P+](=O)CSc1ccc2ccccc2c1. The van der Waals surface area contributed by atoms with Gasteiger partial charge in [0.2, 0.25) is 5.60 Å². The number of rotatable bonds is 9. The van der Waals surface area contributed by atoms with E-state index in [0.29, 0.717) is 6.42 Å². The maximum Gasteiger partial charge on any atom is 0.353 e. The number of carboxylic acids is 1. The highest BCUT2D eigenvalue weighted by Gasteiger charge is 2.43. The van der Waals surface area contributed by atoms with E-state index in [1.807, 2.05) is 72.8 Å². The lowest BCUT2D eigenvalue weighted by molar-refractivity contribution is -0.156. The Labute approximate surface area is 169 Å². The highest BCUT2D eigenvalue weighted by Crippen LogP contribution is 2.36. The molecule has 3 aromatic carbocycles. The Morgan fingerprint density at radius 2 is 1.64 bits per heavy atom. The molecule has 144 valence electrons. The van der Waals surface area contributed by atoms with Crippen molar-refractivity contribution in [1.82, 2.24) is 0 Å². The molecule has 0 aliphatic carbocycles. The smallest absolute Gasteiger partial charge is 0.353 e. The maximum absolute atomic E-state index is 12.5. The molecule has 3 aromatic rings. The van der Waals surface area contributed by atoms with Gasteiger partial charge < -0.3 is 10.2 Å². The summed E-state index contributed by atoms with van der Waals surface area (Å²) >= 11 is 1.42. The molecule has 0 bridgehead atoms. The number of aliphatic hydroxyl groups is 1. The van der Waals surface area contributed by atoms with Gasteiger partial charge in [0.15, 0.2) is 11.7 Å². The number of hydrogen-bond donors (Lipinski definition) is 2. The average molecular weight is 413 g/mol. The van der Waals surface area contributed by atoms with Crippen LogP contribution in [-0.2, 0) is 15.8 Å². The molecule has 0 heterocycles. The zero-order chi connectivity index (χ0) is 20.0. The molecule has 0 amide bonds. The summed E-state index contributed by atoms with van der Waals surface area (Å²) in [5, 5.41) is 22.3. The first-order valence-corrected chi connectivity index (χ1v) is 11.6. The van der Waals surface area contributed by atoms with Gasteiger partial charge >= 0.3 is 13.8 Å². The molecule has 3 rings (SSSR count). The van der Waals surface area contributed by atoms with Crippen LogP contribution in [0.15, 0.2) is 77.7 Å². The van der Waals surface area contributed by atoms with Crippen molar-refractivity contribution in [2.45, 2.75) is 23.3 Å². The zero-order valence-corrected chi connectivity index (χ0v) is 17.0. The van der Waals surface area contributed by atoms with Crippen LogP contribution in [0.25, 0.3) is 10.8 Å². The lowest BCUT2D eigenvalue weighted by Crippen LogP contribution is -2.41. The van der Waals surface area contributed by atoms with E-state index in [1.54, 1.807) is 0 Å². The number of fused-ring (bicyclic) bond motifs is 1. The highest BCUT2D eigenvalue weighted by molar-refractivity contribution is 8.03. The van der Waals surface area contributed by atoms with Crippen molar-refractivity contribution in [1.29, 1.82) is 0 Å². The molecule has 2 N–H and O–H groups in total. The molecule has 0 aliphatic rings. The van der Waals surface area contributed by atoms with Crippen LogP contribution < -0.4 is 0 Å². The Bertz CT molecular complexity index is 976. The van der Waals surface area contributed by atoms with Gasteiger partial charge in [0.1, 0.15) is 0 Å². The van der Waals surface area contributed by atoms with Gasteiger partial charge in [-0.15, -0.1) is 0 Å². The second kappa shape index (κ2) is 9.33. The fourth-order valence-electron chi connectivity index (χ4n) is 2.99. The van der Waals surface area contributed by atoms with Gasteiger partial charge in [0.25, 0.3) is 0 Å². The van der Waals surface area contributed by atoms with Crippen LogP contribution in [0.2, 0.25) is 0 Å². The fraction of sp³-hybridized carbons (Fsp3) is 0.227. The van der Waals surface area contributed by atoms with Crippen molar-refractivity contribution in [3.05, 3.63) is 78.4 Å². The number of thioether (sulfide) groups is 1. The fourth-order valence-corrected chi connectivity index (χ4v) is 5.78. The number of hydrogen-bond acceptors (Lipinski definition) is 4. The molecule has 4 nitrogen and oxygen atoms in total. The Kier molecular flexibility index (Phi) is 6.84. The first kappa shape index (κ1) is 20.5. The summed E-state index contributed by atoms with van der Waals surface area (Å²) in [5.74, 6) is -1.32. The number of aryl methyl sites for hydroxylation is 1. The quantitative estimate of drug-likeness (QED) is 0.374. The highest BCUT2D eigenvalue weighted by atomic mass is 32.2. The molecule has 0 aromatic heterocycles. The normalized spacial score (nSPS) is 13.8. The van der Waals surface area contributed by atoms with Gasteiger partial charge in [-0.1, -0.05) is 77.0 Å². The van der Waals surface area contributed by atoms with Crippen molar-refractivity contribution in [3.8, 4) is 0 Å². The van der Waals surface area contributed by atoms with Crippen molar-refractivity contribution in [2.75, 3.05) is 11.7 Å². The number of carbonyl (C=O) groups is 1. The third-order valence-electron chi connectivity index (χ3n) is 4.60. The van der Waals surface area contributed by atoms with Crippen LogP contribution in [0.1, 0.15) is 12.0 Å². The number of aliphatic carboxylic acids is 1. The van der Waals surface area contributed by atoms with Gasteiger partial charge in [0.05, 0.1) is 0 Å². The lowest BCUT2D eigenvalue weighted by Gasteiger charge is -2.18. The molecule has 2 atom stereocenters. The van der Waals surface area contributed by atoms with Gasteiger partial charge in [-0.3, -0.25) is 0 Å². The molecule has 0 saturated heterocycles. The van der Waals surface area contributed by atoms with Crippen LogP contribution >= 0.6 is 19.6 Å². The molecule has 0 fully saturated rings. The van der Waals surface area contributed by atoms with E-state index in [0.717, 1.165) is 21.2 Å².